The first-order valence-electron chi connectivity index (χ1n) is 5.87. The van der Waals surface area contributed by atoms with Gasteiger partial charge in [-0.3, -0.25) is 0 Å². The van der Waals surface area contributed by atoms with Gasteiger partial charge in [0.25, 0.3) is 0 Å². The molecule has 3 rings (SSSR count). The number of fused-ring (bicyclic) bond motifs is 1. The van der Waals surface area contributed by atoms with Crippen molar-refractivity contribution in [3.8, 4) is 0 Å². The van der Waals surface area contributed by atoms with Crippen LogP contribution in [-0.4, -0.2) is 23.2 Å². The van der Waals surface area contributed by atoms with Gasteiger partial charge in [-0.25, -0.2) is 4.98 Å². The third kappa shape index (κ3) is 1.61. The Balaban J connectivity index is 2.01. The molecule has 0 radical (unpaired) electrons. The number of rotatable bonds is 1. The third-order valence-electron chi connectivity index (χ3n) is 3.28. The summed E-state index contributed by atoms with van der Waals surface area (Å²) in [6, 6.07) is 6.25. The minimum absolute atomic E-state index is 0.445. The predicted molar refractivity (Wildman–Crippen MR) is 63.6 cm³/mol. The molecule has 3 heteroatoms. The standard InChI is InChI=1S/C13H16N2O/c1-9-4-2-6-11-12(9)15-13(14-11)10-5-3-7-16-8-10/h2,4,6,10H,3,5,7-8H2,1H3,(H,14,15). The van der Waals surface area contributed by atoms with Crippen LogP contribution in [0.4, 0.5) is 0 Å². The molecule has 0 aliphatic carbocycles. The van der Waals surface area contributed by atoms with Gasteiger partial charge in [-0.05, 0) is 31.4 Å². The van der Waals surface area contributed by atoms with Crippen LogP contribution in [0.25, 0.3) is 11.0 Å². The largest absolute Gasteiger partial charge is 0.381 e. The number of benzene rings is 1. The summed E-state index contributed by atoms with van der Waals surface area (Å²) in [6.07, 6.45) is 2.32. The van der Waals surface area contributed by atoms with Crippen molar-refractivity contribution in [3.63, 3.8) is 0 Å². The van der Waals surface area contributed by atoms with E-state index in [2.05, 4.69) is 30.1 Å². The summed E-state index contributed by atoms with van der Waals surface area (Å²) in [5, 5.41) is 0. The van der Waals surface area contributed by atoms with E-state index in [0.29, 0.717) is 5.92 Å². The van der Waals surface area contributed by atoms with Crippen molar-refractivity contribution in [1.82, 2.24) is 9.97 Å². The molecule has 1 aromatic carbocycles. The zero-order chi connectivity index (χ0) is 11.0. The second-order valence-electron chi connectivity index (χ2n) is 4.51. The highest BCUT2D eigenvalue weighted by molar-refractivity contribution is 5.78. The van der Waals surface area contributed by atoms with E-state index in [-0.39, 0.29) is 0 Å². The topological polar surface area (TPSA) is 37.9 Å². The zero-order valence-electron chi connectivity index (χ0n) is 9.49. The molecule has 1 aliphatic heterocycles. The fraction of sp³-hybridized carbons (Fsp3) is 0.462. The molecule has 1 fully saturated rings. The first kappa shape index (κ1) is 9.85. The number of aryl methyl sites for hydroxylation is 1. The second-order valence-corrected chi connectivity index (χ2v) is 4.51. The second kappa shape index (κ2) is 3.91. The van der Waals surface area contributed by atoms with Crippen LogP contribution in [-0.2, 0) is 4.74 Å². The molecule has 1 aromatic heterocycles. The summed E-state index contributed by atoms with van der Waals surface area (Å²) in [4.78, 5) is 8.12. The monoisotopic (exact) mass is 216 g/mol. The van der Waals surface area contributed by atoms with E-state index in [0.717, 1.165) is 36.5 Å². The van der Waals surface area contributed by atoms with Gasteiger partial charge >= 0.3 is 0 Å². The Kier molecular flexibility index (Phi) is 2.40. The van der Waals surface area contributed by atoms with Gasteiger partial charge in [0.2, 0.25) is 0 Å². The minimum Gasteiger partial charge on any atom is -0.381 e. The molecule has 84 valence electrons. The highest BCUT2D eigenvalue weighted by Gasteiger charge is 2.19. The molecule has 3 nitrogen and oxygen atoms in total. The first-order valence-corrected chi connectivity index (χ1v) is 5.87. The number of nitrogens with zero attached hydrogens (tertiary/aromatic N) is 1. The van der Waals surface area contributed by atoms with Gasteiger partial charge in [-0.2, -0.15) is 0 Å². The molecule has 1 atom stereocenters. The van der Waals surface area contributed by atoms with Crippen molar-refractivity contribution in [2.75, 3.05) is 13.2 Å². The summed E-state index contributed by atoms with van der Waals surface area (Å²) in [5.74, 6) is 1.53. The number of para-hydroxylation sites is 1. The number of H-pyrrole nitrogens is 1. The highest BCUT2D eigenvalue weighted by atomic mass is 16.5. The van der Waals surface area contributed by atoms with Gasteiger partial charge in [0.15, 0.2) is 0 Å². The van der Waals surface area contributed by atoms with E-state index >= 15 is 0 Å². The van der Waals surface area contributed by atoms with Crippen molar-refractivity contribution in [3.05, 3.63) is 29.6 Å². The zero-order valence-corrected chi connectivity index (χ0v) is 9.49. The average Bonchev–Trinajstić information content (AvgIpc) is 2.76. The molecule has 1 N–H and O–H groups in total. The molecule has 1 unspecified atom stereocenters. The van der Waals surface area contributed by atoms with Crippen molar-refractivity contribution < 1.29 is 4.74 Å². The lowest BCUT2D eigenvalue weighted by Gasteiger charge is -2.19. The lowest BCUT2D eigenvalue weighted by Crippen LogP contribution is -2.16. The van der Waals surface area contributed by atoms with Crippen molar-refractivity contribution in [1.29, 1.82) is 0 Å². The summed E-state index contributed by atoms with van der Waals surface area (Å²) in [6.45, 7) is 3.80. The normalized spacial score (nSPS) is 21.4. The van der Waals surface area contributed by atoms with E-state index < -0.39 is 0 Å². The summed E-state index contributed by atoms with van der Waals surface area (Å²) >= 11 is 0. The minimum atomic E-state index is 0.445. The van der Waals surface area contributed by atoms with Crippen molar-refractivity contribution in [2.45, 2.75) is 25.7 Å². The van der Waals surface area contributed by atoms with Gasteiger partial charge < -0.3 is 9.72 Å². The van der Waals surface area contributed by atoms with E-state index in [1.807, 2.05) is 0 Å². The average molecular weight is 216 g/mol. The number of aromatic amines is 1. The van der Waals surface area contributed by atoms with Crippen molar-refractivity contribution >= 4 is 11.0 Å². The van der Waals surface area contributed by atoms with Crippen LogP contribution in [0.2, 0.25) is 0 Å². The molecule has 0 spiro atoms. The third-order valence-corrected chi connectivity index (χ3v) is 3.28. The summed E-state index contributed by atoms with van der Waals surface area (Å²) < 4.78 is 5.50. The number of hydrogen-bond acceptors (Lipinski definition) is 2. The van der Waals surface area contributed by atoms with Crippen LogP contribution in [0.15, 0.2) is 18.2 Å². The first-order chi connectivity index (χ1) is 7.84. The van der Waals surface area contributed by atoms with E-state index in [1.54, 1.807) is 0 Å². The molecule has 1 aliphatic rings. The lowest BCUT2D eigenvalue weighted by atomic mass is 10.0. The molecular formula is C13H16N2O. The van der Waals surface area contributed by atoms with Gasteiger partial charge in [-0.1, -0.05) is 12.1 Å². The van der Waals surface area contributed by atoms with E-state index in [9.17, 15) is 0 Å². The number of aromatic nitrogens is 2. The Morgan fingerprint density at radius 2 is 2.38 bits per heavy atom. The molecule has 0 saturated carbocycles. The van der Waals surface area contributed by atoms with Gasteiger partial charge in [0.1, 0.15) is 5.82 Å². The molecule has 0 bridgehead atoms. The van der Waals surface area contributed by atoms with Gasteiger partial charge in [0.05, 0.1) is 17.6 Å². The molecular weight excluding hydrogens is 200 g/mol. The lowest BCUT2D eigenvalue weighted by molar-refractivity contribution is 0.0784. The number of hydrogen-bond donors (Lipinski definition) is 1. The Morgan fingerprint density at radius 3 is 3.12 bits per heavy atom. The van der Waals surface area contributed by atoms with Crippen molar-refractivity contribution in [2.24, 2.45) is 0 Å². The Morgan fingerprint density at radius 1 is 1.44 bits per heavy atom. The molecule has 16 heavy (non-hydrogen) atoms. The van der Waals surface area contributed by atoms with Crippen LogP contribution >= 0.6 is 0 Å². The summed E-state index contributed by atoms with van der Waals surface area (Å²) in [5.41, 5.74) is 3.47. The van der Waals surface area contributed by atoms with Gasteiger partial charge in [0, 0.05) is 12.5 Å². The molecule has 2 heterocycles. The maximum Gasteiger partial charge on any atom is 0.112 e. The number of imidazole rings is 1. The maximum atomic E-state index is 5.50. The molecule has 1 saturated heterocycles. The quantitative estimate of drug-likeness (QED) is 0.796. The summed E-state index contributed by atoms with van der Waals surface area (Å²) in [7, 11) is 0. The van der Waals surface area contributed by atoms with E-state index in [1.165, 1.54) is 12.0 Å². The number of nitrogens with one attached hydrogen (secondary N) is 1. The Hall–Kier alpha value is -1.35. The SMILES string of the molecule is Cc1cccc2[nH]c(C3CCCOC3)nc12. The maximum absolute atomic E-state index is 5.50. The van der Waals surface area contributed by atoms with Crippen LogP contribution in [0, 0.1) is 6.92 Å². The van der Waals surface area contributed by atoms with Crippen LogP contribution in [0.1, 0.15) is 30.1 Å². The highest BCUT2D eigenvalue weighted by Crippen LogP contribution is 2.26. The Labute approximate surface area is 94.8 Å². The van der Waals surface area contributed by atoms with E-state index in [4.69, 9.17) is 9.72 Å². The van der Waals surface area contributed by atoms with Crippen LogP contribution in [0.5, 0.6) is 0 Å². The predicted octanol–water partition coefficient (Wildman–Crippen LogP) is 2.77. The molecule has 0 amide bonds. The van der Waals surface area contributed by atoms with Gasteiger partial charge in [-0.15, -0.1) is 0 Å². The van der Waals surface area contributed by atoms with Crippen LogP contribution < -0.4 is 0 Å². The number of ether oxygens (including phenoxy) is 1. The molecule has 2 aromatic rings. The van der Waals surface area contributed by atoms with Crippen LogP contribution in [0.3, 0.4) is 0 Å². The smallest absolute Gasteiger partial charge is 0.112 e. The fourth-order valence-corrected chi connectivity index (χ4v) is 2.34. The fourth-order valence-electron chi connectivity index (χ4n) is 2.34. The Bertz CT molecular complexity index is 498.